The molecule has 1 atom stereocenters. The molecule has 1 rings (SSSR count). The molecule has 0 amide bonds. The summed E-state index contributed by atoms with van der Waals surface area (Å²) < 4.78 is 21.8. The van der Waals surface area contributed by atoms with E-state index >= 15 is 0 Å². The van der Waals surface area contributed by atoms with Crippen LogP contribution in [0.5, 0.6) is 0 Å². The largest absolute Gasteiger partial charge is 0.355 e. The van der Waals surface area contributed by atoms with Crippen molar-refractivity contribution in [3.8, 4) is 0 Å². The van der Waals surface area contributed by atoms with E-state index in [0.29, 0.717) is 4.90 Å². The summed E-state index contributed by atoms with van der Waals surface area (Å²) in [5.41, 5.74) is 1.10. The summed E-state index contributed by atoms with van der Waals surface area (Å²) in [6.07, 6.45) is -0.447. The highest BCUT2D eigenvalue weighted by molar-refractivity contribution is 7.85. The van der Waals surface area contributed by atoms with Gasteiger partial charge in [-0.05, 0) is 19.1 Å². The Morgan fingerprint density at radius 2 is 1.78 bits per heavy atom. The fourth-order valence-electron chi connectivity index (χ4n) is 1.43. The Balaban J connectivity index is 2.54. The Morgan fingerprint density at radius 3 is 2.28 bits per heavy atom. The third-order valence-corrected chi connectivity index (χ3v) is 3.88. The summed E-state index contributed by atoms with van der Waals surface area (Å²) >= 11 is 0. The van der Waals surface area contributed by atoms with Crippen LogP contribution in [0.2, 0.25) is 0 Å². The number of carbonyl (C=O) groups is 1. The molecule has 0 aliphatic carbocycles. The highest BCUT2D eigenvalue weighted by Crippen LogP contribution is 2.10. The van der Waals surface area contributed by atoms with Gasteiger partial charge in [0, 0.05) is 19.1 Å². The molecule has 18 heavy (non-hydrogen) atoms. The second-order valence-electron chi connectivity index (χ2n) is 3.95. The van der Waals surface area contributed by atoms with Gasteiger partial charge in [-0.3, -0.25) is 9.00 Å². The van der Waals surface area contributed by atoms with E-state index in [9.17, 15) is 9.00 Å². The van der Waals surface area contributed by atoms with Crippen molar-refractivity contribution in [2.24, 2.45) is 0 Å². The normalized spacial score (nSPS) is 12.7. The van der Waals surface area contributed by atoms with Gasteiger partial charge in [-0.1, -0.05) is 17.7 Å². The minimum atomic E-state index is -1.30. The Labute approximate surface area is 110 Å². The molecule has 0 N–H and O–H groups in total. The summed E-state index contributed by atoms with van der Waals surface area (Å²) in [5.74, 6) is -0.144. The highest BCUT2D eigenvalue weighted by atomic mass is 32.2. The van der Waals surface area contributed by atoms with Gasteiger partial charge in [-0.25, -0.2) is 0 Å². The van der Waals surface area contributed by atoms with E-state index in [4.69, 9.17) is 9.47 Å². The molecule has 0 radical (unpaired) electrons. The second kappa shape index (κ2) is 7.41. The molecule has 4 nitrogen and oxygen atoms in total. The molecule has 0 aliphatic heterocycles. The summed E-state index contributed by atoms with van der Waals surface area (Å²) in [7, 11) is 1.64. The lowest BCUT2D eigenvalue weighted by atomic mass is 10.2. The van der Waals surface area contributed by atoms with E-state index in [2.05, 4.69) is 0 Å². The molecule has 0 aliphatic rings. The van der Waals surface area contributed by atoms with Crippen LogP contribution in [0.15, 0.2) is 29.2 Å². The first-order valence-corrected chi connectivity index (χ1v) is 6.91. The van der Waals surface area contributed by atoms with Crippen LogP contribution in [0.25, 0.3) is 0 Å². The minimum absolute atomic E-state index is 0.00766. The third kappa shape index (κ3) is 4.68. The lowest BCUT2D eigenvalue weighted by Crippen LogP contribution is -2.21. The van der Waals surface area contributed by atoms with Gasteiger partial charge in [0.1, 0.15) is 0 Å². The minimum Gasteiger partial charge on any atom is -0.355 e. The molecule has 0 heterocycles. The van der Waals surface area contributed by atoms with Crippen molar-refractivity contribution in [3.63, 3.8) is 0 Å². The number of aryl methyl sites for hydroxylation is 1. The summed E-state index contributed by atoms with van der Waals surface area (Å²) in [6, 6.07) is 7.32. The molecule has 0 aromatic heterocycles. The van der Waals surface area contributed by atoms with Gasteiger partial charge >= 0.3 is 0 Å². The lowest BCUT2D eigenvalue weighted by Gasteiger charge is -2.11. The van der Waals surface area contributed by atoms with Gasteiger partial charge in [0.05, 0.1) is 23.0 Å². The molecule has 5 heteroatoms. The first-order valence-electron chi connectivity index (χ1n) is 5.59. The maximum absolute atomic E-state index is 11.9. The van der Waals surface area contributed by atoms with E-state index in [1.165, 1.54) is 14.2 Å². The zero-order valence-corrected chi connectivity index (χ0v) is 11.7. The van der Waals surface area contributed by atoms with Crippen LogP contribution >= 0.6 is 0 Å². The quantitative estimate of drug-likeness (QED) is 0.707. The van der Waals surface area contributed by atoms with Gasteiger partial charge < -0.3 is 9.47 Å². The van der Waals surface area contributed by atoms with Crippen molar-refractivity contribution in [3.05, 3.63) is 29.8 Å². The predicted octanol–water partition coefficient (Wildman–Crippen LogP) is 1.68. The number of ether oxygens (including phenoxy) is 2. The van der Waals surface area contributed by atoms with E-state index in [0.717, 1.165) is 5.56 Å². The van der Waals surface area contributed by atoms with Crippen molar-refractivity contribution in [2.45, 2.75) is 24.5 Å². The topological polar surface area (TPSA) is 52.6 Å². The van der Waals surface area contributed by atoms with Crippen LogP contribution in [0, 0.1) is 6.92 Å². The summed E-state index contributed by atoms with van der Waals surface area (Å²) in [6.45, 7) is 1.96. The van der Waals surface area contributed by atoms with E-state index in [-0.39, 0.29) is 18.0 Å². The highest BCUT2D eigenvalue weighted by Gasteiger charge is 2.15. The first kappa shape index (κ1) is 15.0. The van der Waals surface area contributed by atoms with Crippen LogP contribution in [0.1, 0.15) is 12.0 Å². The third-order valence-electron chi connectivity index (χ3n) is 2.50. The van der Waals surface area contributed by atoms with Crippen molar-refractivity contribution in [1.29, 1.82) is 0 Å². The zero-order valence-electron chi connectivity index (χ0n) is 10.8. The summed E-state index contributed by atoms with van der Waals surface area (Å²) in [4.78, 5) is 12.3. The van der Waals surface area contributed by atoms with E-state index in [1.807, 2.05) is 19.1 Å². The van der Waals surface area contributed by atoms with Gasteiger partial charge in [0.15, 0.2) is 12.1 Å². The Kier molecular flexibility index (Phi) is 6.18. The van der Waals surface area contributed by atoms with Gasteiger partial charge in [0.25, 0.3) is 0 Å². The molecule has 1 unspecified atom stereocenters. The van der Waals surface area contributed by atoms with Crippen molar-refractivity contribution in [1.82, 2.24) is 0 Å². The van der Waals surface area contributed by atoms with Crippen LogP contribution in [0.4, 0.5) is 0 Å². The first-order chi connectivity index (χ1) is 8.56. The molecule has 0 spiro atoms. The molecular weight excluding hydrogens is 252 g/mol. The number of benzene rings is 1. The molecule has 100 valence electrons. The molecule has 0 fully saturated rings. The molecular formula is C13H18O4S. The van der Waals surface area contributed by atoms with Crippen LogP contribution in [-0.2, 0) is 25.1 Å². The average molecular weight is 270 g/mol. The van der Waals surface area contributed by atoms with E-state index < -0.39 is 17.1 Å². The maximum atomic E-state index is 11.9. The number of hydrogen-bond acceptors (Lipinski definition) is 4. The number of rotatable bonds is 7. The van der Waals surface area contributed by atoms with Crippen LogP contribution in [-0.4, -0.2) is 36.3 Å². The molecule has 0 bridgehead atoms. The van der Waals surface area contributed by atoms with Crippen molar-refractivity contribution < 1.29 is 18.5 Å². The molecule has 1 aromatic carbocycles. The lowest BCUT2D eigenvalue weighted by molar-refractivity contribution is -0.135. The fourth-order valence-corrected chi connectivity index (χ4v) is 2.44. The van der Waals surface area contributed by atoms with Crippen LogP contribution in [0.3, 0.4) is 0 Å². The number of hydrogen-bond donors (Lipinski definition) is 0. The Morgan fingerprint density at radius 1 is 1.22 bits per heavy atom. The Bertz CT molecular complexity index is 410. The van der Waals surface area contributed by atoms with Crippen molar-refractivity contribution >= 4 is 16.6 Å². The van der Waals surface area contributed by atoms with Gasteiger partial charge in [-0.15, -0.1) is 0 Å². The number of ketones is 1. The Hall–Kier alpha value is -1.04. The van der Waals surface area contributed by atoms with Crippen LogP contribution < -0.4 is 0 Å². The summed E-state index contributed by atoms with van der Waals surface area (Å²) in [5, 5.41) is 0. The maximum Gasteiger partial charge on any atom is 0.163 e. The molecule has 1 aromatic rings. The van der Waals surface area contributed by atoms with Crippen molar-refractivity contribution in [2.75, 3.05) is 20.0 Å². The molecule has 0 saturated carbocycles. The zero-order chi connectivity index (χ0) is 13.5. The number of methoxy groups -OCH3 is 2. The van der Waals surface area contributed by atoms with Gasteiger partial charge in [0.2, 0.25) is 0 Å². The number of Topliss-reactive ketones (excluding diaryl/α,β-unsaturated/α-hetero) is 1. The SMILES string of the molecule is COC(CC(=O)CS(=O)c1ccc(C)cc1)OC. The fraction of sp³-hybridized carbons (Fsp3) is 0.462. The smallest absolute Gasteiger partial charge is 0.163 e. The average Bonchev–Trinajstić information content (AvgIpc) is 2.36. The van der Waals surface area contributed by atoms with E-state index in [1.54, 1.807) is 12.1 Å². The number of carbonyl (C=O) groups excluding carboxylic acids is 1. The van der Waals surface area contributed by atoms with Gasteiger partial charge in [-0.2, -0.15) is 0 Å². The second-order valence-corrected chi connectivity index (χ2v) is 5.40. The monoisotopic (exact) mass is 270 g/mol. The predicted molar refractivity (Wildman–Crippen MR) is 69.9 cm³/mol. The standard InChI is InChI=1S/C13H18O4S/c1-10-4-6-12(7-5-10)18(15)9-11(14)8-13(16-2)17-3/h4-7,13H,8-9H2,1-3H3. The molecule has 0 saturated heterocycles.